The summed E-state index contributed by atoms with van der Waals surface area (Å²) in [4.78, 5) is 13.0. The van der Waals surface area contributed by atoms with Crippen LogP contribution in [0.25, 0.3) is 17.3 Å². The highest BCUT2D eigenvalue weighted by atomic mass is 16.4. The predicted octanol–water partition coefficient (Wildman–Crippen LogP) is 4.66. The van der Waals surface area contributed by atoms with Crippen LogP contribution in [0.1, 0.15) is 73.8 Å². The Balaban J connectivity index is 1.42. The maximum Gasteiger partial charge on any atom is 0.268 e. The van der Waals surface area contributed by atoms with Crippen molar-refractivity contribution in [2.75, 3.05) is 0 Å². The van der Waals surface area contributed by atoms with Gasteiger partial charge in [0.25, 0.3) is 11.8 Å². The third-order valence-corrected chi connectivity index (χ3v) is 6.85. The van der Waals surface area contributed by atoms with E-state index in [9.17, 15) is 4.79 Å². The Bertz CT molecular complexity index is 1100. The Labute approximate surface area is 182 Å². The lowest BCUT2D eigenvalue weighted by Crippen LogP contribution is -2.43. The zero-order valence-electron chi connectivity index (χ0n) is 18.3. The minimum absolute atomic E-state index is 0.0133. The quantitative estimate of drug-likeness (QED) is 0.650. The van der Waals surface area contributed by atoms with Gasteiger partial charge in [-0.15, -0.1) is 10.2 Å². The molecular formula is C24H29N5O2. The molecule has 2 aromatic heterocycles. The summed E-state index contributed by atoms with van der Waals surface area (Å²) in [7, 11) is 0. The van der Waals surface area contributed by atoms with E-state index < -0.39 is 0 Å². The first-order valence-electron chi connectivity index (χ1n) is 11.3. The summed E-state index contributed by atoms with van der Waals surface area (Å²) in [6.07, 6.45) is 5.76. The molecule has 5 rings (SSSR count). The fourth-order valence-corrected chi connectivity index (χ4v) is 4.59. The van der Waals surface area contributed by atoms with E-state index in [1.54, 1.807) is 6.92 Å². The molecule has 7 heteroatoms. The second kappa shape index (κ2) is 7.94. The predicted molar refractivity (Wildman–Crippen MR) is 117 cm³/mol. The molecule has 2 aliphatic carbocycles. The summed E-state index contributed by atoms with van der Waals surface area (Å²) in [5.74, 6) is 2.54. The third kappa shape index (κ3) is 4.01. The summed E-state index contributed by atoms with van der Waals surface area (Å²) in [6, 6.07) is 9.98. The van der Waals surface area contributed by atoms with Gasteiger partial charge in [0.2, 0.25) is 5.89 Å². The normalized spacial score (nSPS) is 23.6. The smallest absolute Gasteiger partial charge is 0.268 e. The van der Waals surface area contributed by atoms with Crippen LogP contribution in [0.3, 0.4) is 0 Å². The molecule has 0 bridgehead atoms. The van der Waals surface area contributed by atoms with Gasteiger partial charge < -0.3 is 9.73 Å². The van der Waals surface area contributed by atoms with Crippen molar-refractivity contribution in [1.82, 2.24) is 25.3 Å². The van der Waals surface area contributed by atoms with Gasteiger partial charge in [-0.2, -0.15) is 5.10 Å². The van der Waals surface area contributed by atoms with Crippen LogP contribution in [0, 0.1) is 18.8 Å². The molecule has 1 N–H and O–H groups in total. The van der Waals surface area contributed by atoms with Crippen LogP contribution in [-0.4, -0.2) is 31.9 Å². The minimum atomic E-state index is -0.0133. The molecule has 7 nitrogen and oxygen atoms in total. The number of aromatic nitrogens is 4. The Kier molecular flexibility index (Phi) is 5.12. The van der Waals surface area contributed by atoms with Crippen LogP contribution in [0.5, 0.6) is 0 Å². The average Bonchev–Trinajstić information content (AvgIpc) is 3.37. The molecule has 3 aromatic rings. The van der Waals surface area contributed by atoms with Crippen LogP contribution in [0.2, 0.25) is 0 Å². The molecule has 0 saturated heterocycles. The molecule has 0 aliphatic heterocycles. The SMILES string of the molecule is Cc1nnc(-c2cc(C3CC3)n(-c3cccc(C(=O)N[C@@H]4CCC[C@@H](C)[C@H]4C)c3)n2)o1. The minimum Gasteiger partial charge on any atom is -0.420 e. The molecule has 2 heterocycles. The molecular weight excluding hydrogens is 390 g/mol. The summed E-state index contributed by atoms with van der Waals surface area (Å²) < 4.78 is 7.50. The molecule has 0 radical (unpaired) electrons. The van der Waals surface area contributed by atoms with Gasteiger partial charge in [0.15, 0.2) is 0 Å². The molecule has 162 valence electrons. The van der Waals surface area contributed by atoms with E-state index in [0.717, 1.165) is 30.6 Å². The fraction of sp³-hybridized carbons (Fsp3) is 0.500. The molecule has 2 saturated carbocycles. The lowest BCUT2D eigenvalue weighted by molar-refractivity contribution is 0.0891. The maximum absolute atomic E-state index is 13.0. The van der Waals surface area contributed by atoms with Gasteiger partial charge in [0, 0.05) is 30.1 Å². The molecule has 0 unspecified atom stereocenters. The monoisotopic (exact) mass is 419 g/mol. The van der Waals surface area contributed by atoms with Gasteiger partial charge in [0.1, 0.15) is 5.69 Å². The van der Waals surface area contributed by atoms with E-state index in [2.05, 4.69) is 29.4 Å². The van der Waals surface area contributed by atoms with Gasteiger partial charge in [-0.05, 0) is 55.4 Å². The van der Waals surface area contributed by atoms with Crippen LogP contribution in [-0.2, 0) is 0 Å². The Morgan fingerprint density at radius 2 is 1.97 bits per heavy atom. The summed E-state index contributed by atoms with van der Waals surface area (Å²) >= 11 is 0. The second-order valence-corrected chi connectivity index (χ2v) is 9.16. The van der Waals surface area contributed by atoms with Crippen molar-refractivity contribution < 1.29 is 9.21 Å². The highest BCUT2D eigenvalue weighted by Gasteiger charge is 2.31. The molecule has 1 amide bonds. The Hall–Kier alpha value is -2.96. The van der Waals surface area contributed by atoms with Gasteiger partial charge in [-0.1, -0.05) is 32.8 Å². The van der Waals surface area contributed by atoms with Crippen molar-refractivity contribution in [3.05, 3.63) is 47.5 Å². The van der Waals surface area contributed by atoms with E-state index in [1.807, 2.05) is 35.0 Å². The second-order valence-electron chi connectivity index (χ2n) is 9.16. The van der Waals surface area contributed by atoms with Crippen molar-refractivity contribution in [3.8, 4) is 17.3 Å². The number of hydrogen-bond donors (Lipinski definition) is 1. The molecule has 0 spiro atoms. The number of carbonyl (C=O) groups excluding carboxylic acids is 1. The Morgan fingerprint density at radius 3 is 2.71 bits per heavy atom. The fourth-order valence-electron chi connectivity index (χ4n) is 4.59. The number of rotatable bonds is 5. The first-order valence-corrected chi connectivity index (χ1v) is 11.3. The number of aryl methyl sites for hydroxylation is 1. The van der Waals surface area contributed by atoms with Gasteiger partial charge in [0.05, 0.1) is 5.69 Å². The summed E-state index contributed by atoms with van der Waals surface area (Å²) in [6.45, 7) is 6.30. The molecule has 3 atom stereocenters. The highest BCUT2D eigenvalue weighted by molar-refractivity contribution is 5.95. The standard InChI is InChI=1S/C24H29N5O2/c1-14-6-4-9-20(15(14)2)25-23(30)18-7-5-8-19(12-18)29-22(17-10-11-17)13-21(28-29)24-27-26-16(3)31-24/h5,7-8,12-15,17,20H,4,6,9-11H2,1-3H3,(H,25,30)/t14-,15-,20-/m1/s1. The lowest BCUT2D eigenvalue weighted by atomic mass is 9.78. The van der Waals surface area contributed by atoms with Crippen molar-refractivity contribution >= 4 is 5.91 Å². The van der Waals surface area contributed by atoms with E-state index in [4.69, 9.17) is 9.52 Å². The average molecular weight is 420 g/mol. The molecule has 2 fully saturated rings. The first kappa shape index (κ1) is 20.0. The van der Waals surface area contributed by atoms with Gasteiger partial charge in [-0.25, -0.2) is 4.68 Å². The molecule has 2 aliphatic rings. The van der Waals surface area contributed by atoms with E-state index in [0.29, 0.717) is 40.8 Å². The topological polar surface area (TPSA) is 85.8 Å². The number of benzene rings is 1. The van der Waals surface area contributed by atoms with Crippen molar-refractivity contribution in [1.29, 1.82) is 0 Å². The van der Waals surface area contributed by atoms with Crippen molar-refractivity contribution in [2.24, 2.45) is 11.8 Å². The number of carbonyl (C=O) groups is 1. The zero-order chi connectivity index (χ0) is 21.5. The van der Waals surface area contributed by atoms with E-state index >= 15 is 0 Å². The number of nitrogens with one attached hydrogen (secondary N) is 1. The van der Waals surface area contributed by atoms with Crippen LogP contribution >= 0.6 is 0 Å². The van der Waals surface area contributed by atoms with Crippen molar-refractivity contribution in [3.63, 3.8) is 0 Å². The number of hydrogen-bond acceptors (Lipinski definition) is 5. The highest BCUT2D eigenvalue weighted by Crippen LogP contribution is 2.42. The van der Waals surface area contributed by atoms with E-state index in [1.165, 1.54) is 12.8 Å². The van der Waals surface area contributed by atoms with Gasteiger partial charge >= 0.3 is 0 Å². The van der Waals surface area contributed by atoms with Crippen LogP contribution in [0.4, 0.5) is 0 Å². The van der Waals surface area contributed by atoms with Crippen LogP contribution in [0.15, 0.2) is 34.7 Å². The Morgan fingerprint density at radius 1 is 1.13 bits per heavy atom. The largest absolute Gasteiger partial charge is 0.420 e. The number of amides is 1. The van der Waals surface area contributed by atoms with Gasteiger partial charge in [-0.3, -0.25) is 4.79 Å². The number of nitrogens with zero attached hydrogens (tertiary/aromatic N) is 4. The lowest BCUT2D eigenvalue weighted by Gasteiger charge is -2.34. The molecule has 31 heavy (non-hydrogen) atoms. The zero-order valence-corrected chi connectivity index (χ0v) is 18.3. The van der Waals surface area contributed by atoms with Crippen LogP contribution < -0.4 is 5.32 Å². The molecule has 1 aromatic carbocycles. The summed E-state index contributed by atoms with van der Waals surface area (Å²) in [5.41, 5.74) is 3.33. The maximum atomic E-state index is 13.0. The van der Waals surface area contributed by atoms with Crippen molar-refractivity contribution in [2.45, 2.75) is 64.8 Å². The third-order valence-electron chi connectivity index (χ3n) is 6.85. The first-order chi connectivity index (χ1) is 15.0. The van der Waals surface area contributed by atoms with E-state index in [-0.39, 0.29) is 11.9 Å². The summed E-state index contributed by atoms with van der Waals surface area (Å²) in [5, 5.41) is 16.1.